The van der Waals surface area contributed by atoms with E-state index in [0.717, 1.165) is 0 Å². The Hall–Kier alpha value is -0.450. The van der Waals surface area contributed by atoms with E-state index in [-0.39, 0.29) is 15.6 Å². The van der Waals surface area contributed by atoms with Gasteiger partial charge in [-0.2, -0.15) is 13.2 Å². The molecule has 0 saturated carbocycles. The fraction of sp³-hybridized carbons (Fsp3) is 0.333. The molecule has 0 aliphatic heterocycles. The second-order valence-electron chi connectivity index (χ2n) is 2.93. The van der Waals surface area contributed by atoms with E-state index >= 15 is 0 Å². The largest absolute Gasteiger partial charge is 0.407 e. The molecule has 1 aromatic carbocycles. The Balaban J connectivity index is 3.18. The van der Waals surface area contributed by atoms with E-state index in [0.29, 0.717) is 0 Å². The first-order valence-electron chi connectivity index (χ1n) is 4.05. The minimum atomic E-state index is -4.40. The highest BCUT2D eigenvalue weighted by molar-refractivity contribution is 6.33. The quantitative estimate of drug-likeness (QED) is 0.850. The normalized spacial score (nSPS) is 14.0. The second kappa shape index (κ2) is 4.60. The van der Waals surface area contributed by atoms with E-state index in [9.17, 15) is 13.2 Å². The van der Waals surface area contributed by atoms with Crippen LogP contribution in [-0.4, -0.2) is 13.2 Å². The minimum absolute atomic E-state index is 0.0380. The molecule has 1 rings (SSSR count). The van der Waals surface area contributed by atoms with Crippen molar-refractivity contribution >= 4 is 23.2 Å². The molecular formula is C9H8Cl2F3N. The Morgan fingerprint density at radius 1 is 1.27 bits per heavy atom. The number of nitrogens with one attached hydrogen (secondary N) is 1. The predicted octanol–water partition coefficient (Wildman–Crippen LogP) is 3.82. The molecule has 0 aliphatic carbocycles. The van der Waals surface area contributed by atoms with E-state index < -0.39 is 12.2 Å². The van der Waals surface area contributed by atoms with E-state index in [4.69, 9.17) is 23.2 Å². The van der Waals surface area contributed by atoms with Gasteiger partial charge in [-0.1, -0.05) is 23.2 Å². The average Bonchev–Trinajstić information content (AvgIpc) is 2.10. The number of hydrogen-bond acceptors (Lipinski definition) is 1. The van der Waals surface area contributed by atoms with Gasteiger partial charge in [-0.15, -0.1) is 0 Å². The number of benzene rings is 1. The van der Waals surface area contributed by atoms with Gasteiger partial charge in [0.05, 0.1) is 0 Å². The lowest BCUT2D eigenvalue weighted by molar-refractivity contribution is -0.156. The topological polar surface area (TPSA) is 12.0 Å². The molecule has 6 heteroatoms. The van der Waals surface area contributed by atoms with Crippen molar-refractivity contribution in [3.63, 3.8) is 0 Å². The Morgan fingerprint density at radius 2 is 1.87 bits per heavy atom. The SMILES string of the molecule is CNC(c1cc(Cl)ccc1Cl)C(F)(F)F. The molecule has 0 aromatic heterocycles. The molecule has 1 unspecified atom stereocenters. The maximum absolute atomic E-state index is 12.6. The molecule has 0 radical (unpaired) electrons. The van der Waals surface area contributed by atoms with Crippen LogP contribution in [0, 0.1) is 0 Å². The van der Waals surface area contributed by atoms with Crippen LogP contribution in [0.15, 0.2) is 18.2 Å². The third kappa shape index (κ3) is 3.00. The summed E-state index contributed by atoms with van der Waals surface area (Å²) in [5, 5.41) is 2.42. The molecule has 15 heavy (non-hydrogen) atoms. The van der Waals surface area contributed by atoms with Gasteiger partial charge < -0.3 is 5.32 Å². The van der Waals surface area contributed by atoms with Crippen LogP contribution in [0.1, 0.15) is 11.6 Å². The zero-order valence-corrected chi connectivity index (χ0v) is 9.21. The molecule has 1 nitrogen and oxygen atoms in total. The lowest BCUT2D eigenvalue weighted by atomic mass is 10.1. The van der Waals surface area contributed by atoms with Crippen LogP contribution in [0.2, 0.25) is 10.0 Å². The summed E-state index contributed by atoms with van der Waals surface area (Å²) in [5.41, 5.74) is -0.0702. The molecule has 0 bridgehead atoms. The summed E-state index contributed by atoms with van der Waals surface area (Å²) in [7, 11) is 1.22. The van der Waals surface area contributed by atoms with Gasteiger partial charge in [-0.25, -0.2) is 0 Å². The van der Waals surface area contributed by atoms with Crippen LogP contribution in [-0.2, 0) is 0 Å². The first kappa shape index (κ1) is 12.6. The lowest BCUT2D eigenvalue weighted by Gasteiger charge is -2.21. The van der Waals surface area contributed by atoms with Gasteiger partial charge >= 0.3 is 6.18 Å². The molecule has 0 heterocycles. The highest BCUT2D eigenvalue weighted by atomic mass is 35.5. The third-order valence-corrected chi connectivity index (χ3v) is 2.46. The van der Waals surface area contributed by atoms with Gasteiger partial charge in [-0.05, 0) is 30.8 Å². The molecule has 0 amide bonds. The van der Waals surface area contributed by atoms with Gasteiger partial charge in [0.15, 0.2) is 0 Å². The molecule has 0 saturated heterocycles. The maximum atomic E-state index is 12.6. The van der Waals surface area contributed by atoms with Gasteiger partial charge in [0, 0.05) is 10.0 Å². The second-order valence-corrected chi connectivity index (χ2v) is 3.77. The number of rotatable bonds is 2. The van der Waals surface area contributed by atoms with Crippen molar-refractivity contribution in [2.75, 3.05) is 7.05 Å². The van der Waals surface area contributed by atoms with Crippen molar-refractivity contribution in [1.29, 1.82) is 0 Å². The van der Waals surface area contributed by atoms with Crippen LogP contribution in [0.4, 0.5) is 13.2 Å². The zero-order valence-electron chi connectivity index (χ0n) is 7.70. The van der Waals surface area contributed by atoms with Gasteiger partial charge in [-0.3, -0.25) is 0 Å². The van der Waals surface area contributed by atoms with Crippen molar-refractivity contribution in [1.82, 2.24) is 5.32 Å². The number of halogens is 5. The summed E-state index contributed by atoms with van der Waals surface area (Å²) in [4.78, 5) is 0. The average molecular weight is 258 g/mol. The van der Waals surface area contributed by atoms with E-state index in [1.807, 2.05) is 0 Å². The van der Waals surface area contributed by atoms with Crippen LogP contribution in [0.3, 0.4) is 0 Å². The fourth-order valence-corrected chi connectivity index (χ4v) is 1.64. The van der Waals surface area contributed by atoms with Gasteiger partial charge in [0.1, 0.15) is 6.04 Å². The smallest absolute Gasteiger partial charge is 0.305 e. The standard InChI is InChI=1S/C9H8Cl2F3N/c1-15-8(9(12,13)14)6-4-5(10)2-3-7(6)11/h2-4,8,15H,1H3. The molecule has 0 fully saturated rings. The molecule has 1 aromatic rings. The summed E-state index contributed by atoms with van der Waals surface area (Å²) in [6.07, 6.45) is -4.40. The van der Waals surface area contributed by atoms with E-state index in [1.165, 1.54) is 25.2 Å². The summed E-state index contributed by atoms with van der Waals surface area (Å²) in [6.45, 7) is 0. The Morgan fingerprint density at radius 3 is 2.33 bits per heavy atom. The first-order valence-corrected chi connectivity index (χ1v) is 4.80. The Bertz CT molecular complexity index is 352. The molecule has 1 N–H and O–H groups in total. The van der Waals surface area contributed by atoms with Crippen molar-refractivity contribution in [3.05, 3.63) is 33.8 Å². The zero-order chi connectivity index (χ0) is 11.6. The molecule has 1 atom stereocenters. The van der Waals surface area contributed by atoms with Crippen LogP contribution in [0.5, 0.6) is 0 Å². The summed E-state index contributed by atoms with van der Waals surface area (Å²) in [6, 6.07) is 2.19. The van der Waals surface area contributed by atoms with Crippen molar-refractivity contribution in [2.24, 2.45) is 0 Å². The van der Waals surface area contributed by atoms with Crippen molar-refractivity contribution in [2.45, 2.75) is 12.2 Å². The fourth-order valence-electron chi connectivity index (χ4n) is 1.23. The summed E-state index contributed by atoms with van der Waals surface area (Å²) < 4.78 is 37.7. The molecule has 0 spiro atoms. The van der Waals surface area contributed by atoms with Crippen LogP contribution in [0.25, 0.3) is 0 Å². The van der Waals surface area contributed by atoms with E-state index in [2.05, 4.69) is 5.32 Å². The van der Waals surface area contributed by atoms with Crippen LogP contribution >= 0.6 is 23.2 Å². The molecular weight excluding hydrogens is 250 g/mol. The Kier molecular flexibility index (Phi) is 3.87. The van der Waals surface area contributed by atoms with Gasteiger partial charge in [0.2, 0.25) is 0 Å². The highest BCUT2D eigenvalue weighted by Gasteiger charge is 2.40. The third-order valence-electron chi connectivity index (χ3n) is 1.89. The minimum Gasteiger partial charge on any atom is -0.305 e. The lowest BCUT2D eigenvalue weighted by Crippen LogP contribution is -2.31. The number of hydrogen-bond donors (Lipinski definition) is 1. The highest BCUT2D eigenvalue weighted by Crippen LogP contribution is 2.36. The monoisotopic (exact) mass is 257 g/mol. The first-order chi connectivity index (χ1) is 6.86. The maximum Gasteiger partial charge on any atom is 0.407 e. The molecule has 0 aliphatic rings. The van der Waals surface area contributed by atoms with Gasteiger partial charge in [0.25, 0.3) is 0 Å². The summed E-state index contributed by atoms with van der Waals surface area (Å²) in [5.74, 6) is 0. The van der Waals surface area contributed by atoms with Crippen molar-refractivity contribution < 1.29 is 13.2 Å². The predicted molar refractivity (Wildman–Crippen MR) is 54.3 cm³/mol. The van der Waals surface area contributed by atoms with E-state index in [1.54, 1.807) is 0 Å². The number of alkyl halides is 3. The van der Waals surface area contributed by atoms with Crippen LogP contribution < -0.4 is 5.32 Å². The Labute approximate surface area is 95.2 Å². The van der Waals surface area contributed by atoms with Crippen molar-refractivity contribution in [3.8, 4) is 0 Å². The molecule has 84 valence electrons. The summed E-state index contributed by atoms with van der Waals surface area (Å²) >= 11 is 11.3.